The van der Waals surface area contributed by atoms with Gasteiger partial charge in [-0.3, -0.25) is 0 Å². The van der Waals surface area contributed by atoms with Crippen molar-refractivity contribution < 1.29 is 4.42 Å². The van der Waals surface area contributed by atoms with E-state index in [-0.39, 0.29) is 5.54 Å². The summed E-state index contributed by atoms with van der Waals surface area (Å²) in [6.07, 6.45) is 0. The van der Waals surface area contributed by atoms with E-state index in [1.165, 1.54) is 11.3 Å². The summed E-state index contributed by atoms with van der Waals surface area (Å²) in [6, 6.07) is 12.5. The molecule has 0 radical (unpaired) electrons. The molecule has 21 heavy (non-hydrogen) atoms. The zero-order valence-electron chi connectivity index (χ0n) is 13.7. The van der Waals surface area contributed by atoms with E-state index in [0.29, 0.717) is 0 Å². The Balaban J connectivity index is 1.98. The lowest BCUT2D eigenvalue weighted by atomic mass is 10.1. The first kappa shape index (κ1) is 15.6. The van der Waals surface area contributed by atoms with Crippen LogP contribution < -0.4 is 10.2 Å². The molecule has 1 aromatic heterocycles. The fraction of sp³-hybridized carbons (Fsp3) is 0.444. The van der Waals surface area contributed by atoms with Crippen molar-refractivity contribution in [2.75, 3.05) is 11.9 Å². The molecule has 3 nitrogen and oxygen atoms in total. The molecule has 0 saturated carbocycles. The van der Waals surface area contributed by atoms with Crippen LogP contribution in [0.25, 0.3) is 0 Å². The Bertz CT molecular complexity index is 581. The lowest BCUT2D eigenvalue weighted by Crippen LogP contribution is -2.34. The van der Waals surface area contributed by atoms with Crippen LogP contribution in [0.1, 0.15) is 37.9 Å². The molecule has 1 heterocycles. The highest BCUT2D eigenvalue weighted by Crippen LogP contribution is 2.20. The number of hydrogen-bond acceptors (Lipinski definition) is 3. The fourth-order valence-corrected chi connectivity index (χ4v) is 2.27. The second-order valence-corrected chi connectivity index (χ2v) is 6.61. The highest BCUT2D eigenvalue weighted by Gasteiger charge is 2.11. The van der Waals surface area contributed by atoms with Crippen LogP contribution in [0.15, 0.2) is 40.8 Å². The summed E-state index contributed by atoms with van der Waals surface area (Å²) in [5.41, 5.74) is 2.62. The number of anilines is 1. The van der Waals surface area contributed by atoms with Crippen molar-refractivity contribution in [1.82, 2.24) is 5.32 Å². The van der Waals surface area contributed by atoms with Crippen molar-refractivity contribution in [1.29, 1.82) is 0 Å². The van der Waals surface area contributed by atoms with Crippen LogP contribution in [0.4, 0.5) is 5.69 Å². The van der Waals surface area contributed by atoms with E-state index >= 15 is 0 Å². The first-order valence-electron chi connectivity index (χ1n) is 7.44. The highest BCUT2D eigenvalue weighted by atomic mass is 16.3. The van der Waals surface area contributed by atoms with Gasteiger partial charge in [0.2, 0.25) is 0 Å². The van der Waals surface area contributed by atoms with E-state index in [4.69, 9.17) is 4.42 Å². The monoisotopic (exact) mass is 286 g/mol. The quantitative estimate of drug-likeness (QED) is 0.896. The Morgan fingerprint density at radius 2 is 1.71 bits per heavy atom. The highest BCUT2D eigenvalue weighted by molar-refractivity contribution is 5.52. The maximum Gasteiger partial charge on any atom is 0.123 e. The maximum atomic E-state index is 5.91. The number of para-hydroxylation sites is 1. The number of hydrogen-bond donors (Lipinski definition) is 1. The predicted molar refractivity (Wildman–Crippen MR) is 88.6 cm³/mol. The Hall–Kier alpha value is -1.74. The van der Waals surface area contributed by atoms with Crippen molar-refractivity contribution in [3.63, 3.8) is 0 Å². The summed E-state index contributed by atoms with van der Waals surface area (Å²) >= 11 is 0. The zero-order valence-corrected chi connectivity index (χ0v) is 13.7. The number of furan rings is 1. The molecule has 1 aromatic carbocycles. The van der Waals surface area contributed by atoms with E-state index in [9.17, 15) is 0 Å². The molecule has 1 N–H and O–H groups in total. The van der Waals surface area contributed by atoms with Gasteiger partial charge in [0.25, 0.3) is 0 Å². The molecule has 2 rings (SSSR count). The van der Waals surface area contributed by atoms with Gasteiger partial charge in [0, 0.05) is 18.3 Å². The number of aryl methyl sites for hydroxylation is 1. The minimum atomic E-state index is 0.102. The molecule has 0 unspecified atom stereocenters. The second kappa shape index (κ2) is 6.35. The molecule has 3 heteroatoms. The lowest BCUT2D eigenvalue weighted by molar-refractivity contribution is 0.378. The summed E-state index contributed by atoms with van der Waals surface area (Å²) in [6.45, 7) is 10.1. The smallest absolute Gasteiger partial charge is 0.123 e. The molecule has 114 valence electrons. The first-order chi connectivity index (χ1) is 9.85. The van der Waals surface area contributed by atoms with Gasteiger partial charge in [-0.2, -0.15) is 0 Å². The van der Waals surface area contributed by atoms with Crippen molar-refractivity contribution in [3.8, 4) is 0 Å². The average Bonchev–Trinajstić information content (AvgIpc) is 2.83. The topological polar surface area (TPSA) is 28.4 Å². The summed E-state index contributed by atoms with van der Waals surface area (Å²) in [7, 11) is 2.10. The van der Waals surface area contributed by atoms with Gasteiger partial charge in [-0.25, -0.2) is 0 Å². The van der Waals surface area contributed by atoms with Crippen LogP contribution in [0.2, 0.25) is 0 Å². The molecule has 2 aromatic rings. The molecule has 0 bridgehead atoms. The molecule has 0 saturated heterocycles. The number of benzene rings is 1. The standard InChI is InChI=1S/C18H26N2O/c1-14-8-6-7-9-17(14)20(5)13-16-11-10-15(21-16)12-19-18(2,3)4/h6-11,19H,12-13H2,1-5H3. The summed E-state index contributed by atoms with van der Waals surface area (Å²) in [5, 5.41) is 3.44. The van der Waals surface area contributed by atoms with Crippen LogP contribution in [0.3, 0.4) is 0 Å². The number of nitrogens with zero attached hydrogens (tertiary/aromatic N) is 1. The largest absolute Gasteiger partial charge is 0.463 e. The van der Waals surface area contributed by atoms with E-state index in [2.05, 4.69) is 81.4 Å². The molecule has 0 amide bonds. The van der Waals surface area contributed by atoms with Gasteiger partial charge in [0.1, 0.15) is 11.5 Å². The minimum absolute atomic E-state index is 0.102. The fourth-order valence-electron chi connectivity index (χ4n) is 2.27. The maximum absolute atomic E-state index is 5.91. The SMILES string of the molecule is Cc1ccccc1N(C)Cc1ccc(CNC(C)(C)C)o1. The Morgan fingerprint density at radius 3 is 2.38 bits per heavy atom. The predicted octanol–water partition coefficient (Wildman–Crippen LogP) is 4.11. The Labute approximate surface area is 128 Å². The number of rotatable bonds is 5. The van der Waals surface area contributed by atoms with Crippen LogP contribution >= 0.6 is 0 Å². The van der Waals surface area contributed by atoms with Gasteiger partial charge in [0.15, 0.2) is 0 Å². The van der Waals surface area contributed by atoms with Crippen LogP contribution in [-0.2, 0) is 13.1 Å². The Morgan fingerprint density at radius 1 is 1.05 bits per heavy atom. The van der Waals surface area contributed by atoms with Gasteiger partial charge in [-0.15, -0.1) is 0 Å². The molecule has 0 fully saturated rings. The normalized spacial score (nSPS) is 11.7. The number of nitrogens with one attached hydrogen (secondary N) is 1. The van der Waals surface area contributed by atoms with Gasteiger partial charge >= 0.3 is 0 Å². The van der Waals surface area contributed by atoms with Gasteiger partial charge < -0.3 is 14.6 Å². The minimum Gasteiger partial charge on any atom is -0.463 e. The molecule has 0 spiro atoms. The van der Waals surface area contributed by atoms with Crippen LogP contribution in [-0.4, -0.2) is 12.6 Å². The molecule has 0 aliphatic heterocycles. The van der Waals surface area contributed by atoms with Gasteiger partial charge in [-0.1, -0.05) is 18.2 Å². The van der Waals surface area contributed by atoms with Gasteiger partial charge in [0.05, 0.1) is 13.1 Å². The molecule has 0 aliphatic carbocycles. The van der Waals surface area contributed by atoms with Crippen molar-refractivity contribution in [3.05, 3.63) is 53.5 Å². The summed E-state index contributed by atoms with van der Waals surface area (Å²) < 4.78 is 5.91. The molecule has 0 aliphatic rings. The first-order valence-corrected chi connectivity index (χ1v) is 7.44. The molecular weight excluding hydrogens is 260 g/mol. The third kappa shape index (κ3) is 4.64. The molecular formula is C18H26N2O. The Kier molecular flexibility index (Phi) is 4.73. The van der Waals surface area contributed by atoms with Crippen molar-refractivity contribution in [2.45, 2.75) is 46.3 Å². The molecule has 0 atom stereocenters. The van der Waals surface area contributed by atoms with Crippen molar-refractivity contribution >= 4 is 5.69 Å². The van der Waals surface area contributed by atoms with E-state index in [0.717, 1.165) is 24.6 Å². The van der Waals surface area contributed by atoms with E-state index in [1.54, 1.807) is 0 Å². The average molecular weight is 286 g/mol. The van der Waals surface area contributed by atoms with Gasteiger partial charge in [-0.05, 0) is 51.5 Å². The van der Waals surface area contributed by atoms with E-state index in [1.807, 2.05) is 0 Å². The summed E-state index contributed by atoms with van der Waals surface area (Å²) in [4.78, 5) is 2.22. The second-order valence-electron chi connectivity index (χ2n) is 6.61. The zero-order chi connectivity index (χ0) is 15.5. The third-order valence-electron chi connectivity index (χ3n) is 3.43. The lowest BCUT2D eigenvalue weighted by Gasteiger charge is -2.20. The van der Waals surface area contributed by atoms with E-state index < -0.39 is 0 Å². The van der Waals surface area contributed by atoms with Crippen LogP contribution in [0.5, 0.6) is 0 Å². The third-order valence-corrected chi connectivity index (χ3v) is 3.43. The van der Waals surface area contributed by atoms with Crippen molar-refractivity contribution in [2.24, 2.45) is 0 Å². The summed E-state index contributed by atoms with van der Waals surface area (Å²) in [5.74, 6) is 1.98. The van der Waals surface area contributed by atoms with Crippen LogP contribution in [0, 0.1) is 6.92 Å².